The Morgan fingerprint density at radius 3 is 2.83 bits per heavy atom. The predicted octanol–water partition coefficient (Wildman–Crippen LogP) is 2.90. The smallest absolute Gasteiger partial charge is 0.250 e. The second-order valence-corrected chi connectivity index (χ2v) is 4.28. The van der Waals surface area contributed by atoms with E-state index in [9.17, 15) is 4.79 Å². The van der Waals surface area contributed by atoms with Crippen LogP contribution < -0.4 is 5.56 Å². The fourth-order valence-electron chi connectivity index (χ4n) is 2.09. The summed E-state index contributed by atoms with van der Waals surface area (Å²) in [6.45, 7) is 1.81. The molecule has 2 heterocycles. The minimum Gasteiger partial charge on any atom is -0.328 e. The summed E-state index contributed by atoms with van der Waals surface area (Å²) in [5.41, 5.74) is 3.63. The van der Waals surface area contributed by atoms with Gasteiger partial charge in [0.05, 0.1) is 5.52 Å². The summed E-state index contributed by atoms with van der Waals surface area (Å²) in [4.78, 5) is 18.6. The Morgan fingerprint density at radius 2 is 2.00 bits per heavy atom. The number of aromatic amines is 1. The van der Waals surface area contributed by atoms with Gasteiger partial charge in [-0.2, -0.15) is 0 Å². The summed E-state index contributed by atoms with van der Waals surface area (Å²) in [6.07, 6.45) is 3.52. The highest BCUT2D eigenvalue weighted by atomic mass is 16.1. The van der Waals surface area contributed by atoms with E-state index in [4.69, 9.17) is 0 Å². The lowest BCUT2D eigenvalue weighted by Crippen LogP contribution is -2.07. The van der Waals surface area contributed by atoms with E-state index >= 15 is 0 Å². The first-order valence-corrected chi connectivity index (χ1v) is 5.79. The number of para-hydroxylation sites is 1. The van der Waals surface area contributed by atoms with Crippen LogP contribution in [0.1, 0.15) is 5.56 Å². The number of fused-ring (bicyclic) bond motifs is 1. The number of nitrogens with zero attached hydrogens (tertiary/aromatic N) is 1. The maximum atomic E-state index is 11.4. The topological polar surface area (TPSA) is 45.8 Å². The van der Waals surface area contributed by atoms with Crippen LogP contribution in [0.4, 0.5) is 0 Å². The lowest BCUT2D eigenvalue weighted by molar-refractivity contribution is 1.18. The van der Waals surface area contributed by atoms with E-state index < -0.39 is 0 Å². The third-order valence-corrected chi connectivity index (χ3v) is 3.03. The molecule has 0 atom stereocenters. The molecule has 2 aromatic heterocycles. The highest BCUT2D eigenvalue weighted by molar-refractivity contribution is 5.93. The summed E-state index contributed by atoms with van der Waals surface area (Å²) in [5.74, 6) is 0. The zero-order chi connectivity index (χ0) is 12.5. The van der Waals surface area contributed by atoms with Crippen LogP contribution in [0.2, 0.25) is 0 Å². The SMILES string of the molecule is Cc1cc(-c2cccc3cccnc23)c[nH]c1=O. The van der Waals surface area contributed by atoms with Crippen molar-refractivity contribution in [1.29, 1.82) is 0 Å². The average Bonchev–Trinajstić information content (AvgIpc) is 2.41. The van der Waals surface area contributed by atoms with Crippen LogP contribution in [0.25, 0.3) is 22.0 Å². The first kappa shape index (κ1) is 10.7. The van der Waals surface area contributed by atoms with Crippen LogP contribution >= 0.6 is 0 Å². The van der Waals surface area contributed by atoms with Crippen LogP contribution in [-0.4, -0.2) is 9.97 Å². The molecule has 1 N–H and O–H groups in total. The van der Waals surface area contributed by atoms with Gasteiger partial charge in [-0.1, -0.05) is 24.3 Å². The maximum Gasteiger partial charge on any atom is 0.250 e. The van der Waals surface area contributed by atoms with Crippen molar-refractivity contribution >= 4 is 10.9 Å². The molecule has 0 unspecified atom stereocenters. The predicted molar refractivity (Wildman–Crippen MR) is 72.5 cm³/mol. The third-order valence-electron chi connectivity index (χ3n) is 3.03. The Bertz CT molecular complexity index is 769. The van der Waals surface area contributed by atoms with Crippen LogP contribution in [0.3, 0.4) is 0 Å². The first-order chi connectivity index (χ1) is 8.75. The number of H-pyrrole nitrogens is 1. The average molecular weight is 236 g/mol. The monoisotopic (exact) mass is 236 g/mol. The number of aryl methyl sites for hydroxylation is 1. The minimum atomic E-state index is -0.0491. The van der Waals surface area contributed by atoms with Crippen molar-refractivity contribution in [3.05, 3.63) is 64.7 Å². The molecule has 0 aliphatic carbocycles. The normalized spacial score (nSPS) is 10.7. The third kappa shape index (κ3) is 1.70. The van der Waals surface area contributed by atoms with E-state index in [1.54, 1.807) is 19.3 Å². The van der Waals surface area contributed by atoms with Gasteiger partial charge in [0, 0.05) is 34.5 Å². The molecule has 0 saturated carbocycles. The lowest BCUT2D eigenvalue weighted by atomic mass is 10.0. The second-order valence-electron chi connectivity index (χ2n) is 4.28. The fraction of sp³-hybridized carbons (Fsp3) is 0.0667. The van der Waals surface area contributed by atoms with Gasteiger partial charge in [-0.15, -0.1) is 0 Å². The molecule has 3 heteroatoms. The molecular weight excluding hydrogens is 224 g/mol. The summed E-state index contributed by atoms with van der Waals surface area (Å²) in [7, 11) is 0. The molecule has 1 aromatic carbocycles. The van der Waals surface area contributed by atoms with Crippen molar-refractivity contribution in [2.45, 2.75) is 6.92 Å². The summed E-state index contributed by atoms with van der Waals surface area (Å²) >= 11 is 0. The maximum absolute atomic E-state index is 11.4. The summed E-state index contributed by atoms with van der Waals surface area (Å²) < 4.78 is 0. The standard InChI is InChI=1S/C15H12N2O/c1-10-8-12(9-17-15(10)18)13-6-2-4-11-5-3-7-16-14(11)13/h2-9H,1H3,(H,17,18). The van der Waals surface area contributed by atoms with Gasteiger partial charge >= 0.3 is 0 Å². The fourth-order valence-corrected chi connectivity index (χ4v) is 2.09. The van der Waals surface area contributed by atoms with Crippen molar-refractivity contribution in [1.82, 2.24) is 9.97 Å². The van der Waals surface area contributed by atoms with Crippen molar-refractivity contribution in [3.63, 3.8) is 0 Å². The Balaban J connectivity index is 2.31. The lowest BCUT2D eigenvalue weighted by Gasteiger charge is -2.06. The quantitative estimate of drug-likeness (QED) is 0.706. The molecule has 88 valence electrons. The molecule has 0 amide bonds. The van der Waals surface area contributed by atoms with Gasteiger partial charge < -0.3 is 4.98 Å². The van der Waals surface area contributed by atoms with Gasteiger partial charge in [0.25, 0.3) is 5.56 Å². The number of aromatic nitrogens is 2. The van der Waals surface area contributed by atoms with Gasteiger partial charge in [0.15, 0.2) is 0 Å². The number of benzene rings is 1. The molecule has 3 aromatic rings. The van der Waals surface area contributed by atoms with E-state index in [1.165, 1.54) is 0 Å². The van der Waals surface area contributed by atoms with Gasteiger partial charge in [0.2, 0.25) is 0 Å². The molecular formula is C15H12N2O. The number of hydrogen-bond donors (Lipinski definition) is 1. The molecule has 0 bridgehead atoms. The molecule has 0 aliphatic heterocycles. The first-order valence-electron chi connectivity index (χ1n) is 5.79. The zero-order valence-corrected chi connectivity index (χ0v) is 9.97. The van der Waals surface area contributed by atoms with Gasteiger partial charge in [-0.05, 0) is 19.1 Å². The van der Waals surface area contributed by atoms with E-state index in [0.29, 0.717) is 5.56 Å². The van der Waals surface area contributed by atoms with E-state index in [-0.39, 0.29) is 5.56 Å². The highest BCUT2D eigenvalue weighted by Crippen LogP contribution is 2.26. The molecule has 0 fully saturated rings. The number of hydrogen-bond acceptors (Lipinski definition) is 2. The second kappa shape index (κ2) is 4.11. The van der Waals surface area contributed by atoms with E-state index in [0.717, 1.165) is 22.0 Å². The molecule has 0 spiro atoms. The molecule has 0 radical (unpaired) electrons. The molecule has 0 saturated heterocycles. The van der Waals surface area contributed by atoms with Crippen LogP contribution in [0.15, 0.2) is 53.6 Å². The van der Waals surface area contributed by atoms with Crippen LogP contribution in [0, 0.1) is 6.92 Å². The Labute approximate surface area is 104 Å². The largest absolute Gasteiger partial charge is 0.328 e. The number of nitrogens with one attached hydrogen (secondary N) is 1. The molecule has 18 heavy (non-hydrogen) atoms. The van der Waals surface area contributed by atoms with Crippen molar-refractivity contribution in [3.8, 4) is 11.1 Å². The Kier molecular flexibility index (Phi) is 2.45. The van der Waals surface area contributed by atoms with Crippen molar-refractivity contribution < 1.29 is 0 Å². The molecule has 0 aliphatic rings. The highest BCUT2D eigenvalue weighted by Gasteiger charge is 2.05. The zero-order valence-electron chi connectivity index (χ0n) is 9.97. The van der Waals surface area contributed by atoms with Crippen LogP contribution in [0.5, 0.6) is 0 Å². The van der Waals surface area contributed by atoms with E-state index in [2.05, 4.69) is 9.97 Å². The minimum absolute atomic E-state index is 0.0491. The van der Waals surface area contributed by atoms with Crippen LogP contribution in [-0.2, 0) is 0 Å². The molecule has 3 nitrogen and oxygen atoms in total. The van der Waals surface area contributed by atoms with Gasteiger partial charge in [-0.3, -0.25) is 9.78 Å². The number of rotatable bonds is 1. The molecule has 3 rings (SSSR count). The van der Waals surface area contributed by atoms with Gasteiger partial charge in [0.1, 0.15) is 0 Å². The van der Waals surface area contributed by atoms with Crippen molar-refractivity contribution in [2.75, 3.05) is 0 Å². The number of pyridine rings is 2. The van der Waals surface area contributed by atoms with Crippen molar-refractivity contribution in [2.24, 2.45) is 0 Å². The van der Waals surface area contributed by atoms with Gasteiger partial charge in [-0.25, -0.2) is 0 Å². The summed E-state index contributed by atoms with van der Waals surface area (Å²) in [5, 5.41) is 1.10. The van der Waals surface area contributed by atoms with E-state index in [1.807, 2.05) is 36.4 Å². The Morgan fingerprint density at radius 1 is 1.17 bits per heavy atom. The Hall–Kier alpha value is -2.42. The summed E-state index contributed by atoms with van der Waals surface area (Å²) in [6, 6.07) is 11.9.